The number of aryl methyl sites for hydroxylation is 1. The van der Waals surface area contributed by atoms with Crippen LogP contribution in [0.3, 0.4) is 0 Å². The Balaban J connectivity index is 1.75. The maximum Gasteiger partial charge on any atom is 0.338 e. The lowest BCUT2D eigenvalue weighted by molar-refractivity contribution is -0.140. The normalized spacial score (nSPS) is 15.9. The van der Waals surface area contributed by atoms with Gasteiger partial charge in [-0.2, -0.15) is 0 Å². The number of esters is 1. The number of carbonyl (C=O) groups excluding carboxylic acids is 2. The maximum absolute atomic E-state index is 12.9. The zero-order valence-corrected chi connectivity index (χ0v) is 20.4. The van der Waals surface area contributed by atoms with Crippen LogP contribution in [-0.4, -0.2) is 35.7 Å². The number of amides is 2. The lowest BCUT2D eigenvalue weighted by Crippen LogP contribution is -2.46. The first-order valence-corrected chi connectivity index (χ1v) is 11.2. The van der Waals surface area contributed by atoms with Gasteiger partial charge in [-0.1, -0.05) is 43.7 Å². The first kappa shape index (κ1) is 24.3. The van der Waals surface area contributed by atoms with Crippen LogP contribution in [0.1, 0.15) is 37.9 Å². The molecule has 7 nitrogen and oxygen atoms in total. The molecule has 174 valence electrons. The molecule has 1 aliphatic rings. The average Bonchev–Trinajstić information content (AvgIpc) is 2.77. The molecular formula is C25H30N4O3S. The van der Waals surface area contributed by atoms with Gasteiger partial charge >= 0.3 is 12.0 Å². The van der Waals surface area contributed by atoms with Crippen molar-refractivity contribution in [1.82, 2.24) is 10.2 Å². The lowest BCUT2D eigenvalue weighted by Gasteiger charge is -2.35. The first-order valence-electron chi connectivity index (χ1n) is 10.8. The van der Waals surface area contributed by atoms with E-state index in [0.29, 0.717) is 28.7 Å². The van der Waals surface area contributed by atoms with Gasteiger partial charge in [0.25, 0.3) is 0 Å². The Morgan fingerprint density at radius 1 is 1.03 bits per heavy atom. The zero-order valence-electron chi connectivity index (χ0n) is 19.6. The predicted octanol–water partition coefficient (Wildman–Crippen LogP) is 4.97. The van der Waals surface area contributed by atoms with Gasteiger partial charge in [-0.05, 0) is 61.8 Å². The molecule has 3 rings (SSSR count). The number of ether oxygens (including phenoxy) is 1. The molecule has 1 heterocycles. The van der Waals surface area contributed by atoms with Gasteiger partial charge in [0.15, 0.2) is 5.11 Å². The minimum atomic E-state index is -0.441. The molecule has 0 saturated carbocycles. The van der Waals surface area contributed by atoms with Crippen LogP contribution in [0.5, 0.6) is 0 Å². The Morgan fingerprint density at radius 3 is 2.12 bits per heavy atom. The number of urea groups is 1. The zero-order chi connectivity index (χ0) is 24.1. The maximum atomic E-state index is 12.9. The van der Waals surface area contributed by atoms with Gasteiger partial charge in [-0.25, -0.2) is 9.59 Å². The Kier molecular flexibility index (Phi) is 7.71. The van der Waals surface area contributed by atoms with E-state index in [1.54, 1.807) is 17.0 Å². The van der Waals surface area contributed by atoms with Crippen molar-refractivity contribution in [1.29, 1.82) is 0 Å². The molecule has 0 saturated heterocycles. The monoisotopic (exact) mass is 466 g/mol. The number of thiocarbonyl (C=S) groups is 1. The van der Waals surface area contributed by atoms with E-state index < -0.39 is 6.04 Å². The predicted molar refractivity (Wildman–Crippen MR) is 135 cm³/mol. The van der Waals surface area contributed by atoms with E-state index in [-0.39, 0.29) is 17.9 Å². The summed E-state index contributed by atoms with van der Waals surface area (Å²) in [4.78, 5) is 27.0. The summed E-state index contributed by atoms with van der Waals surface area (Å²) >= 11 is 5.44. The largest absolute Gasteiger partial charge is 0.462 e. The highest BCUT2D eigenvalue weighted by molar-refractivity contribution is 7.80. The van der Waals surface area contributed by atoms with Crippen LogP contribution in [0.4, 0.5) is 16.2 Å². The number of nitrogens with zero attached hydrogens (tertiary/aromatic N) is 1. The molecule has 33 heavy (non-hydrogen) atoms. The van der Waals surface area contributed by atoms with Crippen LogP contribution >= 0.6 is 12.2 Å². The van der Waals surface area contributed by atoms with Crippen LogP contribution in [0.2, 0.25) is 0 Å². The van der Waals surface area contributed by atoms with Gasteiger partial charge in [0.1, 0.15) is 0 Å². The minimum Gasteiger partial charge on any atom is -0.462 e. The fraction of sp³-hybridized carbons (Fsp3) is 0.320. The first-order chi connectivity index (χ1) is 15.7. The Labute approximate surface area is 200 Å². The molecule has 2 aromatic carbocycles. The highest BCUT2D eigenvalue weighted by Gasteiger charge is 2.33. The number of rotatable bonds is 6. The molecule has 0 unspecified atom stereocenters. The number of anilines is 2. The van der Waals surface area contributed by atoms with Crippen molar-refractivity contribution < 1.29 is 14.3 Å². The summed E-state index contributed by atoms with van der Waals surface area (Å²) in [6, 6.07) is 14.1. The second kappa shape index (κ2) is 10.5. The molecule has 0 fully saturated rings. The summed E-state index contributed by atoms with van der Waals surface area (Å²) < 4.78 is 5.52. The highest BCUT2D eigenvalue weighted by atomic mass is 32.1. The number of hydrogen-bond donors (Lipinski definition) is 3. The van der Waals surface area contributed by atoms with Crippen molar-refractivity contribution in [3.8, 4) is 0 Å². The van der Waals surface area contributed by atoms with E-state index in [0.717, 1.165) is 16.8 Å². The van der Waals surface area contributed by atoms with E-state index in [9.17, 15) is 9.59 Å². The van der Waals surface area contributed by atoms with Crippen molar-refractivity contribution in [2.24, 2.45) is 5.92 Å². The molecule has 1 atom stereocenters. The smallest absolute Gasteiger partial charge is 0.338 e. The molecule has 0 radical (unpaired) electrons. The molecule has 0 bridgehead atoms. The molecule has 2 amide bonds. The summed E-state index contributed by atoms with van der Waals surface area (Å²) in [6.45, 7) is 8.18. The number of benzene rings is 2. The fourth-order valence-electron chi connectivity index (χ4n) is 3.36. The van der Waals surface area contributed by atoms with E-state index in [1.807, 2.05) is 71.1 Å². The van der Waals surface area contributed by atoms with Crippen LogP contribution in [0.25, 0.3) is 0 Å². The molecule has 0 spiro atoms. The molecular weight excluding hydrogens is 436 g/mol. The molecule has 2 aromatic rings. The number of carbonyl (C=O) groups is 2. The van der Waals surface area contributed by atoms with Gasteiger partial charge < -0.3 is 25.6 Å². The van der Waals surface area contributed by atoms with Crippen molar-refractivity contribution in [3.63, 3.8) is 0 Å². The summed E-state index contributed by atoms with van der Waals surface area (Å²) in [7, 11) is 1.82. The lowest BCUT2D eigenvalue weighted by atomic mass is 9.95. The third-order valence-electron chi connectivity index (χ3n) is 5.33. The van der Waals surface area contributed by atoms with Crippen molar-refractivity contribution in [2.45, 2.75) is 33.7 Å². The molecule has 1 aliphatic heterocycles. The van der Waals surface area contributed by atoms with Crippen LogP contribution in [0.15, 0.2) is 59.8 Å². The van der Waals surface area contributed by atoms with E-state index in [2.05, 4.69) is 16.0 Å². The summed E-state index contributed by atoms with van der Waals surface area (Å²) in [6.07, 6.45) is 0. The fourth-order valence-corrected chi connectivity index (χ4v) is 3.61. The van der Waals surface area contributed by atoms with E-state index >= 15 is 0 Å². The highest BCUT2D eigenvalue weighted by Crippen LogP contribution is 2.31. The van der Waals surface area contributed by atoms with Crippen LogP contribution in [-0.2, 0) is 9.53 Å². The third kappa shape index (κ3) is 6.10. The van der Waals surface area contributed by atoms with Crippen LogP contribution in [0, 0.1) is 12.8 Å². The summed E-state index contributed by atoms with van der Waals surface area (Å²) in [5.41, 5.74) is 4.57. The number of hydrogen-bond acceptors (Lipinski definition) is 4. The molecule has 3 N–H and O–H groups in total. The summed E-state index contributed by atoms with van der Waals surface area (Å²) in [5.74, 6) is -0.132. The second-order valence-electron chi connectivity index (χ2n) is 8.50. The van der Waals surface area contributed by atoms with Gasteiger partial charge in [-0.15, -0.1) is 0 Å². The number of allylic oxidation sites excluding steroid dienone is 1. The SMILES string of the molecule is CC1=C(C(=O)OCC(C)C)[C@H](c2ccc(NC(=O)Nc3ccc(C)cc3)cc2)NC(=S)N1C. The quantitative estimate of drug-likeness (QED) is 0.412. The average molecular weight is 467 g/mol. The molecule has 0 aromatic heterocycles. The molecule has 0 aliphatic carbocycles. The minimum absolute atomic E-state index is 0.236. The third-order valence-corrected chi connectivity index (χ3v) is 5.72. The van der Waals surface area contributed by atoms with E-state index in [4.69, 9.17) is 17.0 Å². The Morgan fingerprint density at radius 2 is 1.58 bits per heavy atom. The van der Waals surface area contributed by atoms with Crippen molar-refractivity contribution >= 4 is 40.7 Å². The standard InChI is InChI=1S/C25H30N4O3S/c1-15(2)14-32-23(30)21-17(4)29(5)25(33)28-22(21)18-8-12-20(13-9-18)27-24(31)26-19-10-6-16(3)7-11-19/h6-13,15,22H,14H2,1-5H3,(H,28,33)(H2,26,27,31)/t22-/m0/s1. The van der Waals surface area contributed by atoms with Gasteiger partial charge in [0.05, 0.1) is 18.2 Å². The number of nitrogens with one attached hydrogen (secondary N) is 3. The van der Waals surface area contributed by atoms with E-state index in [1.165, 1.54) is 0 Å². The van der Waals surface area contributed by atoms with Crippen LogP contribution < -0.4 is 16.0 Å². The molecule has 8 heteroatoms. The van der Waals surface area contributed by atoms with Crippen molar-refractivity contribution in [3.05, 3.63) is 70.9 Å². The summed E-state index contributed by atoms with van der Waals surface area (Å²) in [5, 5.41) is 9.38. The second-order valence-corrected chi connectivity index (χ2v) is 8.89. The Bertz CT molecular complexity index is 1060. The van der Waals surface area contributed by atoms with Gasteiger partial charge in [0, 0.05) is 24.1 Å². The Hall–Kier alpha value is -3.39. The van der Waals surface area contributed by atoms with Gasteiger partial charge in [0.2, 0.25) is 0 Å². The topological polar surface area (TPSA) is 82.7 Å². The van der Waals surface area contributed by atoms with Gasteiger partial charge in [-0.3, -0.25) is 0 Å². The van der Waals surface area contributed by atoms with Crippen molar-refractivity contribution in [2.75, 3.05) is 24.3 Å².